The third kappa shape index (κ3) is 3.96. The lowest BCUT2D eigenvalue weighted by molar-refractivity contribution is -0.140. The summed E-state index contributed by atoms with van der Waals surface area (Å²) in [4.78, 5) is 26.9. The lowest BCUT2D eigenvalue weighted by Crippen LogP contribution is -2.20. The number of rotatable bonds is 5. The summed E-state index contributed by atoms with van der Waals surface area (Å²) in [6, 6.07) is 4.90. The molecule has 0 unspecified atom stereocenters. The van der Waals surface area contributed by atoms with Gasteiger partial charge in [0.2, 0.25) is 0 Å². The minimum absolute atomic E-state index is 0.102. The number of esters is 2. The van der Waals surface area contributed by atoms with E-state index in [0.29, 0.717) is 11.4 Å². The van der Waals surface area contributed by atoms with E-state index >= 15 is 0 Å². The molecule has 0 saturated carbocycles. The van der Waals surface area contributed by atoms with Gasteiger partial charge in [-0.2, -0.15) is 0 Å². The molecule has 0 amide bonds. The SMILES string of the molecule is COC(=O)CC(=Nc1cccc(OC)c1Cl)C(=O)OC. The van der Waals surface area contributed by atoms with Crippen LogP contribution < -0.4 is 4.74 Å². The van der Waals surface area contributed by atoms with E-state index in [9.17, 15) is 9.59 Å². The number of ether oxygens (including phenoxy) is 3. The highest BCUT2D eigenvalue weighted by Gasteiger charge is 2.18. The second-order valence-corrected chi connectivity index (χ2v) is 3.97. The van der Waals surface area contributed by atoms with E-state index in [4.69, 9.17) is 16.3 Å². The molecule has 0 heterocycles. The van der Waals surface area contributed by atoms with Crippen molar-refractivity contribution in [2.45, 2.75) is 6.42 Å². The van der Waals surface area contributed by atoms with Crippen LogP contribution in [0.2, 0.25) is 5.02 Å². The zero-order chi connectivity index (χ0) is 15.1. The van der Waals surface area contributed by atoms with Gasteiger partial charge in [-0.3, -0.25) is 4.79 Å². The molecule has 0 N–H and O–H groups in total. The Labute approximate surface area is 121 Å². The van der Waals surface area contributed by atoms with Crippen LogP contribution >= 0.6 is 11.6 Å². The number of carbonyl (C=O) groups excluding carboxylic acids is 2. The standard InChI is InChI=1S/C13H14ClNO5/c1-18-10-6-4-5-8(12(10)14)15-9(13(17)20-3)7-11(16)19-2/h4-6H,7H2,1-3H3. The Morgan fingerprint density at radius 3 is 2.45 bits per heavy atom. The summed E-state index contributed by atoms with van der Waals surface area (Å²) in [6.07, 6.45) is -0.309. The molecule has 1 rings (SSSR count). The van der Waals surface area contributed by atoms with Gasteiger partial charge in [-0.25, -0.2) is 9.79 Å². The van der Waals surface area contributed by atoms with Crippen molar-refractivity contribution in [1.82, 2.24) is 0 Å². The zero-order valence-corrected chi connectivity index (χ0v) is 12.1. The number of carbonyl (C=O) groups is 2. The van der Waals surface area contributed by atoms with E-state index in [-0.39, 0.29) is 17.2 Å². The van der Waals surface area contributed by atoms with Gasteiger partial charge in [0.15, 0.2) is 0 Å². The highest BCUT2D eigenvalue weighted by molar-refractivity contribution is 6.40. The molecule has 0 fully saturated rings. The average Bonchev–Trinajstić information content (AvgIpc) is 2.47. The van der Waals surface area contributed by atoms with Gasteiger partial charge in [-0.1, -0.05) is 17.7 Å². The summed E-state index contributed by atoms with van der Waals surface area (Å²) >= 11 is 6.07. The summed E-state index contributed by atoms with van der Waals surface area (Å²) in [7, 11) is 3.88. The van der Waals surface area contributed by atoms with Gasteiger partial charge in [0.1, 0.15) is 16.5 Å². The van der Waals surface area contributed by atoms with Gasteiger partial charge in [0.25, 0.3) is 0 Å². The summed E-state index contributed by atoms with van der Waals surface area (Å²) in [5.74, 6) is -0.919. The molecule has 1 aromatic rings. The molecule has 0 aliphatic carbocycles. The highest BCUT2D eigenvalue weighted by Crippen LogP contribution is 2.33. The van der Waals surface area contributed by atoms with Gasteiger partial charge in [0.05, 0.1) is 33.4 Å². The molecule has 0 radical (unpaired) electrons. The Morgan fingerprint density at radius 1 is 1.20 bits per heavy atom. The van der Waals surface area contributed by atoms with Gasteiger partial charge >= 0.3 is 11.9 Å². The topological polar surface area (TPSA) is 74.2 Å². The Balaban J connectivity index is 3.19. The van der Waals surface area contributed by atoms with E-state index in [2.05, 4.69) is 14.5 Å². The molecule has 0 aromatic heterocycles. The van der Waals surface area contributed by atoms with Crippen LogP contribution in [0.1, 0.15) is 6.42 Å². The summed E-state index contributed by atoms with van der Waals surface area (Å²) in [6.45, 7) is 0. The third-order valence-corrected chi connectivity index (χ3v) is 2.76. The van der Waals surface area contributed by atoms with Gasteiger partial charge in [0, 0.05) is 0 Å². The number of halogens is 1. The lowest BCUT2D eigenvalue weighted by atomic mass is 10.2. The quantitative estimate of drug-likeness (QED) is 0.615. The Morgan fingerprint density at radius 2 is 1.90 bits per heavy atom. The Bertz CT molecular complexity index is 542. The second-order valence-electron chi connectivity index (χ2n) is 3.60. The number of aliphatic imine (C=N–C) groups is 1. The van der Waals surface area contributed by atoms with Crippen LogP contribution in [0.25, 0.3) is 0 Å². The van der Waals surface area contributed by atoms with Crippen LogP contribution in [0.3, 0.4) is 0 Å². The number of hydrogen-bond acceptors (Lipinski definition) is 6. The van der Waals surface area contributed by atoms with Crippen molar-refractivity contribution < 1.29 is 23.8 Å². The van der Waals surface area contributed by atoms with E-state index in [1.807, 2.05) is 0 Å². The lowest BCUT2D eigenvalue weighted by Gasteiger charge is -2.07. The van der Waals surface area contributed by atoms with E-state index in [1.54, 1.807) is 18.2 Å². The second kappa shape index (κ2) is 7.49. The van der Waals surface area contributed by atoms with E-state index in [1.165, 1.54) is 21.3 Å². The van der Waals surface area contributed by atoms with Gasteiger partial charge < -0.3 is 14.2 Å². The molecule has 0 aliphatic rings. The fourth-order valence-corrected chi connectivity index (χ4v) is 1.62. The maximum Gasteiger partial charge on any atom is 0.353 e. The van der Waals surface area contributed by atoms with Gasteiger partial charge in [-0.15, -0.1) is 0 Å². The minimum atomic E-state index is -0.728. The number of nitrogens with zero attached hydrogens (tertiary/aromatic N) is 1. The molecule has 0 atom stereocenters. The summed E-state index contributed by atoms with van der Waals surface area (Å²) in [5.41, 5.74) is 0.199. The van der Waals surface area contributed by atoms with Crippen LogP contribution in [0.15, 0.2) is 23.2 Å². The van der Waals surface area contributed by atoms with Crippen molar-refractivity contribution in [3.05, 3.63) is 23.2 Å². The maximum atomic E-state index is 11.6. The molecule has 0 aliphatic heterocycles. The van der Waals surface area contributed by atoms with E-state index in [0.717, 1.165) is 0 Å². The summed E-state index contributed by atoms with van der Waals surface area (Å²) < 4.78 is 14.1. The van der Waals surface area contributed by atoms with Crippen molar-refractivity contribution in [3.63, 3.8) is 0 Å². The van der Waals surface area contributed by atoms with Crippen LogP contribution in [0.5, 0.6) is 5.75 Å². The minimum Gasteiger partial charge on any atom is -0.495 e. The first-order chi connectivity index (χ1) is 9.53. The van der Waals surface area contributed by atoms with Gasteiger partial charge in [-0.05, 0) is 12.1 Å². The first-order valence-electron chi connectivity index (χ1n) is 5.58. The fraction of sp³-hybridized carbons (Fsp3) is 0.308. The Hall–Kier alpha value is -2.08. The zero-order valence-electron chi connectivity index (χ0n) is 11.3. The third-order valence-electron chi connectivity index (χ3n) is 2.38. The van der Waals surface area contributed by atoms with Crippen LogP contribution in [-0.4, -0.2) is 39.0 Å². The first kappa shape index (κ1) is 16.0. The van der Waals surface area contributed by atoms with Crippen LogP contribution in [0, 0.1) is 0 Å². The predicted octanol–water partition coefficient (Wildman–Crippen LogP) is 2.16. The predicted molar refractivity (Wildman–Crippen MR) is 73.7 cm³/mol. The van der Waals surface area contributed by atoms with E-state index < -0.39 is 11.9 Å². The molecular weight excluding hydrogens is 286 g/mol. The molecule has 7 heteroatoms. The molecule has 0 spiro atoms. The highest BCUT2D eigenvalue weighted by atomic mass is 35.5. The normalized spacial score (nSPS) is 10.9. The summed E-state index contributed by atoms with van der Waals surface area (Å²) in [5, 5.41) is 0.237. The number of benzene rings is 1. The first-order valence-corrected chi connectivity index (χ1v) is 5.96. The van der Waals surface area contributed by atoms with Crippen molar-refractivity contribution >= 4 is 34.9 Å². The molecule has 0 saturated heterocycles. The average molecular weight is 300 g/mol. The smallest absolute Gasteiger partial charge is 0.353 e. The molecule has 20 heavy (non-hydrogen) atoms. The molecule has 0 bridgehead atoms. The van der Waals surface area contributed by atoms with Crippen LogP contribution in [-0.2, 0) is 19.1 Å². The molecule has 1 aromatic carbocycles. The molecule has 6 nitrogen and oxygen atoms in total. The fourth-order valence-electron chi connectivity index (χ4n) is 1.37. The van der Waals surface area contributed by atoms with Crippen molar-refractivity contribution in [1.29, 1.82) is 0 Å². The largest absolute Gasteiger partial charge is 0.495 e. The molecular formula is C13H14ClNO5. The maximum absolute atomic E-state index is 11.6. The van der Waals surface area contributed by atoms with Crippen molar-refractivity contribution in [2.75, 3.05) is 21.3 Å². The van der Waals surface area contributed by atoms with Crippen molar-refractivity contribution in [2.24, 2.45) is 4.99 Å². The number of methoxy groups -OCH3 is 3. The monoisotopic (exact) mass is 299 g/mol. The van der Waals surface area contributed by atoms with Crippen LogP contribution in [0.4, 0.5) is 5.69 Å². The number of hydrogen-bond donors (Lipinski definition) is 0. The Kier molecular flexibility index (Phi) is 5.99. The molecule has 108 valence electrons. The van der Waals surface area contributed by atoms with Crippen molar-refractivity contribution in [3.8, 4) is 5.75 Å².